The Hall–Kier alpha value is -2.74. The van der Waals surface area contributed by atoms with Crippen LogP contribution in [0, 0.1) is 0 Å². The zero-order valence-electron chi connectivity index (χ0n) is 15.9. The van der Waals surface area contributed by atoms with Gasteiger partial charge in [-0.3, -0.25) is 0 Å². The summed E-state index contributed by atoms with van der Waals surface area (Å²) in [6.45, 7) is 2.84. The molecular weight excluding hydrogens is 380 g/mol. The number of amides is 2. The Morgan fingerprint density at radius 2 is 1.86 bits per heavy atom. The molecule has 3 rings (SSSR count). The van der Waals surface area contributed by atoms with Crippen molar-refractivity contribution >= 4 is 16.1 Å². The Morgan fingerprint density at radius 3 is 2.46 bits per heavy atom. The number of ether oxygens (including phenoxy) is 1. The molecule has 2 aromatic rings. The summed E-state index contributed by atoms with van der Waals surface area (Å²) in [6, 6.07) is 12.9. The fourth-order valence-corrected chi connectivity index (χ4v) is 3.74. The van der Waals surface area contributed by atoms with E-state index in [1.807, 2.05) is 13.0 Å². The molecule has 0 heterocycles. The Morgan fingerprint density at radius 1 is 1.14 bits per heavy atom. The van der Waals surface area contributed by atoms with Crippen LogP contribution >= 0.6 is 0 Å². The maximum Gasteiger partial charge on any atom is 0.339 e. The van der Waals surface area contributed by atoms with E-state index in [1.54, 1.807) is 35.2 Å². The number of methoxy groups -OCH3 is 1. The van der Waals surface area contributed by atoms with Gasteiger partial charge in [-0.15, -0.1) is 0 Å². The maximum absolute atomic E-state index is 12.5. The maximum atomic E-state index is 12.5. The number of rotatable bonds is 8. The van der Waals surface area contributed by atoms with Gasteiger partial charge in [0.15, 0.2) is 0 Å². The summed E-state index contributed by atoms with van der Waals surface area (Å²) >= 11 is 0. The van der Waals surface area contributed by atoms with Crippen molar-refractivity contribution in [2.45, 2.75) is 37.2 Å². The predicted octanol–water partition coefficient (Wildman–Crippen LogP) is 3.16. The van der Waals surface area contributed by atoms with Crippen molar-refractivity contribution in [1.82, 2.24) is 10.2 Å². The summed E-state index contributed by atoms with van der Waals surface area (Å²) < 4.78 is 35.3. The van der Waals surface area contributed by atoms with Gasteiger partial charge in [0.25, 0.3) is 0 Å². The molecule has 1 N–H and O–H groups in total. The van der Waals surface area contributed by atoms with Crippen molar-refractivity contribution in [2.24, 2.45) is 0 Å². The van der Waals surface area contributed by atoms with Gasteiger partial charge in [0.1, 0.15) is 16.4 Å². The number of nitrogens with zero attached hydrogens (tertiary/aromatic N) is 1. The molecule has 0 radical (unpaired) electrons. The van der Waals surface area contributed by atoms with Gasteiger partial charge in [-0.05, 0) is 61.7 Å². The number of carbonyl (C=O) groups is 1. The lowest BCUT2D eigenvalue weighted by Crippen LogP contribution is -2.40. The van der Waals surface area contributed by atoms with Gasteiger partial charge in [-0.25, -0.2) is 4.79 Å². The molecular formula is C20H24N2O5S. The Labute approximate surface area is 165 Å². The highest BCUT2D eigenvalue weighted by Crippen LogP contribution is 2.29. The van der Waals surface area contributed by atoms with Crippen LogP contribution in [0.1, 0.15) is 25.3 Å². The molecule has 0 bridgehead atoms. The van der Waals surface area contributed by atoms with Crippen LogP contribution in [-0.4, -0.2) is 39.0 Å². The molecule has 150 valence electrons. The molecule has 0 saturated heterocycles. The molecule has 0 unspecified atom stereocenters. The minimum Gasteiger partial charge on any atom is -0.497 e. The normalized spacial score (nSPS) is 13.6. The molecule has 2 amide bonds. The molecule has 0 aromatic heterocycles. The lowest BCUT2D eigenvalue weighted by Gasteiger charge is -2.22. The topological polar surface area (TPSA) is 84.9 Å². The first kappa shape index (κ1) is 20.0. The molecule has 28 heavy (non-hydrogen) atoms. The molecule has 8 heteroatoms. The summed E-state index contributed by atoms with van der Waals surface area (Å²) in [5.74, 6) is 0.770. The molecule has 0 atom stereocenters. The first-order valence-corrected chi connectivity index (χ1v) is 10.6. The van der Waals surface area contributed by atoms with E-state index in [1.165, 1.54) is 19.2 Å². The minimum absolute atomic E-state index is 0.0423. The van der Waals surface area contributed by atoms with Crippen molar-refractivity contribution < 1.29 is 22.1 Å². The summed E-state index contributed by atoms with van der Waals surface area (Å²) in [7, 11) is -2.45. The molecule has 1 aliphatic carbocycles. The van der Waals surface area contributed by atoms with Gasteiger partial charge in [0, 0.05) is 19.1 Å². The summed E-state index contributed by atoms with van der Waals surface area (Å²) in [4.78, 5) is 14.1. The third kappa shape index (κ3) is 4.95. The lowest BCUT2D eigenvalue weighted by molar-refractivity contribution is 0.192. The molecule has 1 saturated carbocycles. The van der Waals surface area contributed by atoms with Crippen LogP contribution in [0.5, 0.6) is 11.5 Å². The molecule has 2 aromatic carbocycles. The van der Waals surface area contributed by atoms with E-state index in [4.69, 9.17) is 8.92 Å². The van der Waals surface area contributed by atoms with Crippen molar-refractivity contribution in [3.63, 3.8) is 0 Å². The summed E-state index contributed by atoms with van der Waals surface area (Å²) in [6.07, 6.45) is 1.97. The molecule has 1 aliphatic rings. The first-order valence-electron chi connectivity index (χ1n) is 9.15. The van der Waals surface area contributed by atoms with E-state index in [2.05, 4.69) is 5.32 Å². The fraction of sp³-hybridized carbons (Fsp3) is 0.350. The van der Waals surface area contributed by atoms with Crippen molar-refractivity contribution in [2.75, 3.05) is 13.7 Å². The van der Waals surface area contributed by atoms with Gasteiger partial charge in [0.2, 0.25) is 0 Å². The van der Waals surface area contributed by atoms with Crippen LogP contribution in [0.2, 0.25) is 0 Å². The monoisotopic (exact) mass is 404 g/mol. The van der Waals surface area contributed by atoms with Crippen molar-refractivity contribution in [3.05, 3.63) is 54.1 Å². The average molecular weight is 404 g/mol. The fourth-order valence-electron chi connectivity index (χ4n) is 2.82. The summed E-state index contributed by atoms with van der Waals surface area (Å²) in [5.41, 5.74) is 0.806. The van der Waals surface area contributed by atoms with Crippen molar-refractivity contribution in [1.29, 1.82) is 0 Å². The lowest BCUT2D eigenvalue weighted by atomic mass is 10.2. The van der Waals surface area contributed by atoms with Crippen LogP contribution in [0.4, 0.5) is 4.79 Å². The Kier molecular flexibility index (Phi) is 6.08. The zero-order chi connectivity index (χ0) is 20.1. The van der Waals surface area contributed by atoms with Crippen molar-refractivity contribution in [3.8, 4) is 11.5 Å². The van der Waals surface area contributed by atoms with E-state index < -0.39 is 10.1 Å². The standard InChI is InChI=1S/C20H24N2O5S/c1-3-21-20(23)22(16-7-8-16)14-15-5-4-6-18(13-15)27-28(24,25)19-11-9-17(26-2)10-12-19/h4-6,9-13,16H,3,7-8,14H2,1-2H3,(H,21,23). The second-order valence-corrected chi connectivity index (χ2v) is 8.10. The smallest absolute Gasteiger partial charge is 0.339 e. The summed E-state index contributed by atoms with van der Waals surface area (Å²) in [5, 5.41) is 2.82. The van der Waals surface area contributed by atoms with Gasteiger partial charge in [-0.2, -0.15) is 8.42 Å². The van der Waals surface area contributed by atoms with Crippen LogP contribution < -0.4 is 14.2 Å². The molecule has 7 nitrogen and oxygen atoms in total. The second-order valence-electron chi connectivity index (χ2n) is 6.55. The Bertz CT molecular complexity index is 924. The highest BCUT2D eigenvalue weighted by Gasteiger charge is 2.32. The molecule has 0 spiro atoms. The van der Waals surface area contributed by atoms with Gasteiger partial charge in [-0.1, -0.05) is 12.1 Å². The van der Waals surface area contributed by atoms with E-state index in [9.17, 15) is 13.2 Å². The van der Waals surface area contributed by atoms with E-state index in [0.29, 0.717) is 18.8 Å². The number of hydrogen-bond donors (Lipinski definition) is 1. The van der Waals surface area contributed by atoms with Gasteiger partial charge < -0.3 is 19.1 Å². The van der Waals surface area contributed by atoms with Gasteiger partial charge >= 0.3 is 16.1 Å². The Balaban J connectivity index is 1.74. The number of urea groups is 1. The third-order valence-corrected chi connectivity index (χ3v) is 5.64. The van der Waals surface area contributed by atoms with Crippen LogP contribution in [-0.2, 0) is 16.7 Å². The van der Waals surface area contributed by atoms with E-state index in [0.717, 1.165) is 18.4 Å². The number of benzene rings is 2. The minimum atomic E-state index is -3.96. The van der Waals surface area contributed by atoms with Crippen LogP contribution in [0.15, 0.2) is 53.4 Å². The number of carbonyl (C=O) groups excluding carboxylic acids is 1. The largest absolute Gasteiger partial charge is 0.497 e. The number of hydrogen-bond acceptors (Lipinski definition) is 5. The van der Waals surface area contributed by atoms with E-state index >= 15 is 0 Å². The van der Waals surface area contributed by atoms with Crippen LogP contribution in [0.25, 0.3) is 0 Å². The molecule has 0 aliphatic heterocycles. The first-order chi connectivity index (χ1) is 13.4. The zero-order valence-corrected chi connectivity index (χ0v) is 16.7. The number of nitrogens with one attached hydrogen (secondary N) is 1. The quantitative estimate of drug-likeness (QED) is 0.683. The SMILES string of the molecule is CCNC(=O)N(Cc1cccc(OS(=O)(=O)c2ccc(OC)cc2)c1)C1CC1. The highest BCUT2D eigenvalue weighted by molar-refractivity contribution is 7.87. The average Bonchev–Trinajstić information content (AvgIpc) is 3.51. The van der Waals surface area contributed by atoms with Crippen LogP contribution in [0.3, 0.4) is 0 Å². The molecule has 1 fully saturated rings. The second kappa shape index (κ2) is 8.52. The highest BCUT2D eigenvalue weighted by atomic mass is 32.2. The van der Waals surface area contributed by atoms with E-state index in [-0.39, 0.29) is 22.7 Å². The predicted molar refractivity (Wildman–Crippen MR) is 105 cm³/mol. The van der Waals surface area contributed by atoms with Gasteiger partial charge in [0.05, 0.1) is 7.11 Å². The third-order valence-electron chi connectivity index (χ3n) is 4.38.